The average molecular weight is 376 g/mol. The third-order valence-electron chi connectivity index (χ3n) is 3.19. The van der Waals surface area contributed by atoms with Gasteiger partial charge in [-0.15, -0.1) is 0 Å². The van der Waals surface area contributed by atoms with Crippen LogP contribution in [0, 0.1) is 0 Å². The minimum atomic E-state index is -0.174. The highest BCUT2D eigenvalue weighted by Gasteiger charge is 2.10. The zero-order valence-electron chi connectivity index (χ0n) is 12.8. The minimum Gasteiger partial charge on any atom is -0.494 e. The molecule has 0 unspecified atom stereocenters. The molecule has 0 spiro atoms. The molecule has 0 aliphatic rings. The molecular weight excluding hydrogens is 358 g/mol. The number of Topliss-reactive ketones (excluding diaryl/α,β-unsaturated/α-hetero) is 1. The summed E-state index contributed by atoms with van der Waals surface area (Å²) >= 11 is 3.34. The van der Waals surface area contributed by atoms with E-state index in [1.165, 1.54) is 0 Å². The smallest absolute Gasteiger partial charge is 0.224 e. The van der Waals surface area contributed by atoms with Crippen molar-refractivity contribution in [2.45, 2.75) is 19.8 Å². The lowest BCUT2D eigenvalue weighted by Crippen LogP contribution is -2.13. The number of ether oxygens (including phenoxy) is 1. The van der Waals surface area contributed by atoms with Gasteiger partial charge in [-0.2, -0.15) is 0 Å². The Morgan fingerprint density at radius 2 is 1.65 bits per heavy atom. The van der Waals surface area contributed by atoms with Gasteiger partial charge >= 0.3 is 0 Å². The molecule has 23 heavy (non-hydrogen) atoms. The zero-order valence-corrected chi connectivity index (χ0v) is 14.4. The maximum Gasteiger partial charge on any atom is 0.224 e. The van der Waals surface area contributed by atoms with Crippen LogP contribution in [0.25, 0.3) is 0 Å². The van der Waals surface area contributed by atoms with Gasteiger partial charge < -0.3 is 10.1 Å². The molecule has 1 amide bonds. The molecule has 2 aromatic carbocycles. The van der Waals surface area contributed by atoms with Gasteiger partial charge in [0.05, 0.1) is 6.61 Å². The average Bonchev–Trinajstić information content (AvgIpc) is 2.56. The van der Waals surface area contributed by atoms with Gasteiger partial charge in [-0.25, -0.2) is 0 Å². The first kappa shape index (κ1) is 17.2. The maximum absolute atomic E-state index is 12.1. The highest BCUT2D eigenvalue weighted by molar-refractivity contribution is 9.10. The van der Waals surface area contributed by atoms with Crippen molar-refractivity contribution < 1.29 is 14.3 Å². The van der Waals surface area contributed by atoms with E-state index in [9.17, 15) is 9.59 Å². The topological polar surface area (TPSA) is 55.4 Å². The summed E-state index contributed by atoms with van der Waals surface area (Å²) in [6, 6.07) is 14.3. The fourth-order valence-corrected chi connectivity index (χ4v) is 2.30. The number of halogens is 1. The molecule has 2 rings (SSSR count). The van der Waals surface area contributed by atoms with Crippen LogP contribution >= 0.6 is 15.9 Å². The lowest BCUT2D eigenvalue weighted by Gasteiger charge is -2.06. The highest BCUT2D eigenvalue weighted by atomic mass is 79.9. The molecule has 0 aliphatic heterocycles. The number of ketones is 1. The maximum atomic E-state index is 12.1. The largest absolute Gasteiger partial charge is 0.494 e. The number of hydrogen-bond donors (Lipinski definition) is 1. The highest BCUT2D eigenvalue weighted by Crippen LogP contribution is 2.16. The summed E-state index contributed by atoms with van der Waals surface area (Å²) in [5, 5.41) is 2.77. The monoisotopic (exact) mass is 375 g/mol. The van der Waals surface area contributed by atoms with Crippen LogP contribution < -0.4 is 10.1 Å². The Morgan fingerprint density at radius 3 is 2.26 bits per heavy atom. The fourth-order valence-electron chi connectivity index (χ4n) is 2.03. The summed E-state index contributed by atoms with van der Waals surface area (Å²) in [4.78, 5) is 24.0. The van der Waals surface area contributed by atoms with E-state index >= 15 is 0 Å². The van der Waals surface area contributed by atoms with E-state index < -0.39 is 0 Å². The quantitative estimate of drug-likeness (QED) is 0.727. The number of nitrogens with one attached hydrogen (secondary N) is 1. The summed E-state index contributed by atoms with van der Waals surface area (Å²) in [6.45, 7) is 2.49. The molecule has 0 radical (unpaired) electrons. The number of benzene rings is 2. The Labute approximate surface area is 144 Å². The van der Waals surface area contributed by atoms with Crippen molar-refractivity contribution in [3.63, 3.8) is 0 Å². The molecule has 2 aromatic rings. The standard InChI is InChI=1S/C18H18BrNO3/c1-2-23-16-9-3-13(4-10-16)17(21)11-12-18(22)20-15-7-5-14(19)6-8-15/h3-10H,2,11-12H2,1H3,(H,20,22). The lowest BCUT2D eigenvalue weighted by atomic mass is 10.1. The predicted octanol–water partition coefficient (Wildman–Crippen LogP) is 4.45. The van der Waals surface area contributed by atoms with Crippen LogP contribution in [0.5, 0.6) is 5.75 Å². The lowest BCUT2D eigenvalue weighted by molar-refractivity contribution is -0.116. The number of carbonyl (C=O) groups excluding carboxylic acids is 2. The first-order valence-electron chi connectivity index (χ1n) is 7.40. The number of carbonyl (C=O) groups is 2. The van der Waals surface area contributed by atoms with Crippen molar-refractivity contribution in [2.75, 3.05) is 11.9 Å². The number of hydrogen-bond acceptors (Lipinski definition) is 3. The van der Waals surface area contributed by atoms with Crippen LogP contribution in [-0.4, -0.2) is 18.3 Å². The molecule has 1 N–H and O–H groups in total. The number of amides is 1. The molecule has 0 heterocycles. The predicted molar refractivity (Wildman–Crippen MR) is 93.9 cm³/mol. The van der Waals surface area contributed by atoms with Crippen LogP contribution in [0.3, 0.4) is 0 Å². The second kappa shape index (κ2) is 8.48. The van der Waals surface area contributed by atoms with Crippen molar-refractivity contribution >= 4 is 33.3 Å². The van der Waals surface area contributed by atoms with E-state index in [-0.39, 0.29) is 24.5 Å². The first-order valence-corrected chi connectivity index (χ1v) is 8.19. The normalized spacial score (nSPS) is 10.2. The molecule has 0 atom stereocenters. The molecule has 0 aliphatic carbocycles. The molecule has 0 bridgehead atoms. The van der Waals surface area contributed by atoms with Gasteiger partial charge in [0.1, 0.15) is 5.75 Å². The number of anilines is 1. The van der Waals surface area contributed by atoms with E-state index in [4.69, 9.17) is 4.74 Å². The van der Waals surface area contributed by atoms with Gasteiger partial charge in [0.25, 0.3) is 0 Å². The van der Waals surface area contributed by atoms with E-state index in [2.05, 4.69) is 21.2 Å². The second-order valence-corrected chi connectivity index (χ2v) is 5.85. The van der Waals surface area contributed by atoms with E-state index in [0.29, 0.717) is 17.9 Å². The molecule has 0 aromatic heterocycles. The van der Waals surface area contributed by atoms with Crippen LogP contribution in [0.2, 0.25) is 0 Å². The van der Waals surface area contributed by atoms with Gasteiger partial charge in [0, 0.05) is 28.6 Å². The van der Waals surface area contributed by atoms with E-state index in [0.717, 1.165) is 10.2 Å². The van der Waals surface area contributed by atoms with Crippen LogP contribution in [0.4, 0.5) is 5.69 Å². The molecule has 0 fully saturated rings. The fraction of sp³-hybridized carbons (Fsp3) is 0.222. The SMILES string of the molecule is CCOc1ccc(C(=O)CCC(=O)Nc2ccc(Br)cc2)cc1. The van der Waals surface area contributed by atoms with Crippen molar-refractivity contribution in [3.05, 3.63) is 58.6 Å². The number of rotatable bonds is 7. The molecule has 120 valence electrons. The minimum absolute atomic E-state index is 0.0565. The Bertz CT molecular complexity index is 666. The molecule has 0 saturated carbocycles. The van der Waals surface area contributed by atoms with Gasteiger partial charge in [-0.05, 0) is 55.5 Å². The van der Waals surface area contributed by atoms with Crippen LogP contribution in [0.15, 0.2) is 53.0 Å². The van der Waals surface area contributed by atoms with Crippen LogP contribution in [-0.2, 0) is 4.79 Å². The van der Waals surface area contributed by atoms with Crippen LogP contribution in [0.1, 0.15) is 30.1 Å². The molecule has 0 saturated heterocycles. The third-order valence-corrected chi connectivity index (χ3v) is 3.72. The van der Waals surface area contributed by atoms with Crippen molar-refractivity contribution in [3.8, 4) is 5.75 Å². The van der Waals surface area contributed by atoms with Crippen molar-refractivity contribution in [2.24, 2.45) is 0 Å². The summed E-state index contributed by atoms with van der Waals surface area (Å²) in [6.07, 6.45) is 0.332. The van der Waals surface area contributed by atoms with Gasteiger partial charge in [0.2, 0.25) is 5.91 Å². The Morgan fingerprint density at radius 1 is 1.00 bits per heavy atom. The molecular formula is C18H18BrNO3. The van der Waals surface area contributed by atoms with Gasteiger partial charge in [-0.3, -0.25) is 9.59 Å². The van der Waals surface area contributed by atoms with Crippen molar-refractivity contribution in [1.82, 2.24) is 0 Å². The molecule has 5 heteroatoms. The van der Waals surface area contributed by atoms with E-state index in [1.54, 1.807) is 36.4 Å². The summed E-state index contributed by atoms with van der Waals surface area (Å²) in [5.74, 6) is 0.502. The summed E-state index contributed by atoms with van der Waals surface area (Å²) < 4.78 is 6.28. The van der Waals surface area contributed by atoms with E-state index in [1.807, 2.05) is 19.1 Å². The van der Waals surface area contributed by atoms with Crippen molar-refractivity contribution in [1.29, 1.82) is 0 Å². The third kappa shape index (κ3) is 5.53. The Balaban J connectivity index is 1.83. The zero-order chi connectivity index (χ0) is 16.7. The molecule has 4 nitrogen and oxygen atoms in total. The van der Waals surface area contributed by atoms with Gasteiger partial charge in [-0.1, -0.05) is 15.9 Å². The Hall–Kier alpha value is -2.14. The Kier molecular flexibility index (Phi) is 6.35. The van der Waals surface area contributed by atoms with Gasteiger partial charge in [0.15, 0.2) is 5.78 Å². The summed E-state index contributed by atoms with van der Waals surface area (Å²) in [7, 11) is 0. The second-order valence-electron chi connectivity index (χ2n) is 4.94. The first-order chi connectivity index (χ1) is 11.1. The summed E-state index contributed by atoms with van der Waals surface area (Å²) in [5.41, 5.74) is 1.30.